The number of hydrogen-bond acceptors (Lipinski definition) is 4. The Labute approximate surface area is 61.8 Å². The van der Waals surface area contributed by atoms with Crippen molar-refractivity contribution in [3.63, 3.8) is 0 Å². The number of furan rings is 1. The maximum atomic E-state index is 10.5. The van der Waals surface area contributed by atoms with Crippen molar-refractivity contribution >= 4 is 11.7 Å². The predicted molar refractivity (Wildman–Crippen MR) is 35.0 cm³/mol. The summed E-state index contributed by atoms with van der Waals surface area (Å²) in [7, 11) is 0. The van der Waals surface area contributed by atoms with Gasteiger partial charge in [0.2, 0.25) is 0 Å². The van der Waals surface area contributed by atoms with Gasteiger partial charge in [-0.1, -0.05) is 0 Å². The SMILES string of the molecule is [CH2]C(=O)c1ccc([N+](=O)[O-])o1. The molecule has 0 aliphatic rings. The number of nitro groups is 1. The molecule has 11 heavy (non-hydrogen) atoms. The van der Waals surface area contributed by atoms with Gasteiger partial charge in [-0.05, 0) is 6.07 Å². The molecule has 0 atom stereocenters. The number of ketones is 1. The van der Waals surface area contributed by atoms with E-state index in [1.165, 1.54) is 6.07 Å². The number of Topliss-reactive ketones (excluding diaryl/α,β-unsaturated/α-hetero) is 1. The molecule has 1 heterocycles. The molecular formula is C6H4NO4. The average molecular weight is 154 g/mol. The lowest BCUT2D eigenvalue weighted by Gasteiger charge is -1.83. The van der Waals surface area contributed by atoms with Crippen molar-refractivity contribution in [3.05, 3.63) is 34.9 Å². The zero-order chi connectivity index (χ0) is 8.43. The van der Waals surface area contributed by atoms with Gasteiger partial charge in [0.1, 0.15) is 4.92 Å². The van der Waals surface area contributed by atoms with Crippen LogP contribution in [-0.2, 0) is 0 Å². The van der Waals surface area contributed by atoms with Gasteiger partial charge < -0.3 is 4.42 Å². The Balaban J connectivity index is 2.99. The molecule has 5 heteroatoms. The lowest BCUT2D eigenvalue weighted by Crippen LogP contribution is -1.88. The Morgan fingerprint density at radius 2 is 2.27 bits per heavy atom. The first kappa shape index (κ1) is 7.46. The maximum absolute atomic E-state index is 10.5. The van der Waals surface area contributed by atoms with Crippen LogP contribution in [0.4, 0.5) is 5.88 Å². The van der Waals surface area contributed by atoms with E-state index >= 15 is 0 Å². The molecule has 1 rings (SSSR count). The van der Waals surface area contributed by atoms with Gasteiger partial charge in [0.05, 0.1) is 6.07 Å². The quantitative estimate of drug-likeness (QED) is 0.364. The highest BCUT2D eigenvalue weighted by atomic mass is 16.6. The van der Waals surface area contributed by atoms with Crippen LogP contribution in [-0.4, -0.2) is 10.7 Å². The van der Waals surface area contributed by atoms with Gasteiger partial charge in [-0.3, -0.25) is 14.9 Å². The van der Waals surface area contributed by atoms with Crippen molar-refractivity contribution in [1.82, 2.24) is 0 Å². The number of carbonyl (C=O) groups excluding carboxylic acids is 1. The molecule has 1 aromatic heterocycles. The van der Waals surface area contributed by atoms with Crippen LogP contribution in [0.25, 0.3) is 0 Å². The molecule has 0 fully saturated rings. The van der Waals surface area contributed by atoms with Crippen molar-refractivity contribution in [2.45, 2.75) is 0 Å². The number of rotatable bonds is 2. The first-order valence-corrected chi connectivity index (χ1v) is 2.72. The molecule has 0 aliphatic heterocycles. The van der Waals surface area contributed by atoms with Crippen LogP contribution in [0.1, 0.15) is 10.6 Å². The largest absolute Gasteiger partial charge is 0.433 e. The lowest BCUT2D eigenvalue weighted by molar-refractivity contribution is -0.402. The van der Waals surface area contributed by atoms with Crippen LogP contribution in [0.2, 0.25) is 0 Å². The molecule has 0 bridgehead atoms. The zero-order valence-corrected chi connectivity index (χ0v) is 5.44. The summed E-state index contributed by atoms with van der Waals surface area (Å²) in [5.41, 5.74) is 0. The molecule has 0 unspecified atom stereocenters. The van der Waals surface area contributed by atoms with Crippen LogP contribution in [0.3, 0.4) is 0 Å². The molecule has 0 aliphatic carbocycles. The predicted octanol–water partition coefficient (Wildman–Crippen LogP) is 1.20. The van der Waals surface area contributed by atoms with E-state index in [9.17, 15) is 14.9 Å². The van der Waals surface area contributed by atoms with E-state index in [-0.39, 0.29) is 5.76 Å². The summed E-state index contributed by atoms with van der Waals surface area (Å²) in [5, 5.41) is 10.0. The molecule has 0 saturated heterocycles. The Kier molecular flexibility index (Phi) is 1.72. The van der Waals surface area contributed by atoms with E-state index < -0.39 is 16.6 Å². The smallest absolute Gasteiger partial charge is 0.397 e. The molecule has 0 amide bonds. The van der Waals surface area contributed by atoms with Crippen molar-refractivity contribution in [2.75, 3.05) is 0 Å². The van der Waals surface area contributed by atoms with Crippen LogP contribution >= 0.6 is 0 Å². The summed E-state index contributed by atoms with van der Waals surface area (Å²) in [4.78, 5) is 19.8. The van der Waals surface area contributed by atoms with Crippen LogP contribution < -0.4 is 0 Å². The normalized spacial score (nSPS) is 9.55. The molecule has 0 spiro atoms. The Hall–Kier alpha value is -1.65. The minimum absolute atomic E-state index is 0.100. The summed E-state index contributed by atoms with van der Waals surface area (Å²) < 4.78 is 4.50. The number of carbonyl (C=O) groups is 1. The second-order valence-corrected chi connectivity index (χ2v) is 1.82. The highest BCUT2D eigenvalue weighted by Crippen LogP contribution is 2.15. The van der Waals surface area contributed by atoms with Gasteiger partial charge >= 0.3 is 5.88 Å². The maximum Gasteiger partial charge on any atom is 0.433 e. The third-order valence-corrected chi connectivity index (χ3v) is 1.05. The number of nitrogens with zero attached hydrogens (tertiary/aromatic N) is 1. The zero-order valence-electron chi connectivity index (χ0n) is 5.44. The lowest BCUT2D eigenvalue weighted by atomic mass is 10.3. The van der Waals surface area contributed by atoms with E-state index in [0.717, 1.165) is 6.07 Å². The first-order valence-electron chi connectivity index (χ1n) is 2.72. The number of hydrogen-bond donors (Lipinski definition) is 0. The molecule has 0 N–H and O–H groups in total. The monoisotopic (exact) mass is 154 g/mol. The molecule has 57 valence electrons. The fraction of sp³-hybridized carbons (Fsp3) is 0. The van der Waals surface area contributed by atoms with Gasteiger partial charge in [-0.25, -0.2) is 0 Å². The van der Waals surface area contributed by atoms with Crippen molar-refractivity contribution in [3.8, 4) is 0 Å². The topological polar surface area (TPSA) is 73.3 Å². The van der Waals surface area contributed by atoms with E-state index in [1.54, 1.807) is 0 Å². The van der Waals surface area contributed by atoms with Gasteiger partial charge in [0.25, 0.3) is 0 Å². The highest BCUT2D eigenvalue weighted by molar-refractivity contribution is 5.96. The van der Waals surface area contributed by atoms with Crippen LogP contribution in [0.5, 0.6) is 0 Å². The third-order valence-electron chi connectivity index (χ3n) is 1.05. The Morgan fingerprint density at radius 3 is 2.55 bits per heavy atom. The minimum Gasteiger partial charge on any atom is -0.397 e. The van der Waals surface area contributed by atoms with Gasteiger partial charge in [0.15, 0.2) is 11.5 Å². The van der Waals surface area contributed by atoms with E-state index in [1.807, 2.05) is 0 Å². The summed E-state index contributed by atoms with van der Waals surface area (Å²) in [5.74, 6) is -1.12. The average Bonchev–Trinajstić information content (AvgIpc) is 2.33. The van der Waals surface area contributed by atoms with Crippen LogP contribution in [0.15, 0.2) is 16.5 Å². The minimum atomic E-state index is -0.716. The van der Waals surface area contributed by atoms with Gasteiger partial charge in [-0.15, -0.1) is 0 Å². The summed E-state index contributed by atoms with van der Waals surface area (Å²) in [6.45, 7) is 3.03. The molecular weight excluding hydrogens is 150 g/mol. The highest BCUT2D eigenvalue weighted by Gasteiger charge is 2.13. The van der Waals surface area contributed by atoms with E-state index in [0.29, 0.717) is 0 Å². The van der Waals surface area contributed by atoms with Crippen molar-refractivity contribution in [2.24, 2.45) is 0 Å². The van der Waals surface area contributed by atoms with Crippen LogP contribution in [0, 0.1) is 17.0 Å². The third kappa shape index (κ3) is 1.43. The molecule has 0 saturated carbocycles. The fourth-order valence-electron chi connectivity index (χ4n) is 0.576. The van der Waals surface area contributed by atoms with E-state index in [4.69, 9.17) is 0 Å². The van der Waals surface area contributed by atoms with Gasteiger partial charge in [0, 0.05) is 6.92 Å². The summed E-state index contributed by atoms with van der Waals surface area (Å²) in [6.07, 6.45) is 0. The molecule has 0 aromatic carbocycles. The Bertz CT molecular complexity index is 273. The standard InChI is InChI=1S/C6H4NO4/c1-4(8)5-2-3-6(11-5)7(9)10/h2-3H,1H2. The van der Waals surface area contributed by atoms with Crippen molar-refractivity contribution < 1.29 is 14.1 Å². The first-order chi connectivity index (χ1) is 5.11. The summed E-state index contributed by atoms with van der Waals surface area (Å²) >= 11 is 0. The molecule has 1 aromatic rings. The van der Waals surface area contributed by atoms with E-state index in [2.05, 4.69) is 11.3 Å². The molecule has 5 nitrogen and oxygen atoms in total. The Morgan fingerprint density at radius 1 is 1.64 bits per heavy atom. The second-order valence-electron chi connectivity index (χ2n) is 1.82. The fourth-order valence-corrected chi connectivity index (χ4v) is 0.576. The second kappa shape index (κ2) is 2.53. The van der Waals surface area contributed by atoms with Gasteiger partial charge in [-0.2, -0.15) is 0 Å². The van der Waals surface area contributed by atoms with Crippen molar-refractivity contribution in [1.29, 1.82) is 0 Å². The molecule has 1 radical (unpaired) electrons. The summed E-state index contributed by atoms with van der Waals surface area (Å²) in [6, 6.07) is 2.33.